The molecule has 0 unspecified atom stereocenters. The maximum Gasteiger partial charge on any atom is 0.171 e. The van der Waals surface area contributed by atoms with E-state index in [1.165, 1.54) is 42.4 Å². The van der Waals surface area contributed by atoms with Gasteiger partial charge in [0.05, 0.1) is 5.69 Å². The van der Waals surface area contributed by atoms with Gasteiger partial charge in [0.25, 0.3) is 0 Å². The van der Waals surface area contributed by atoms with Crippen LogP contribution in [0, 0.1) is 0 Å². The Labute approximate surface area is 157 Å². The van der Waals surface area contributed by atoms with Gasteiger partial charge in [0.15, 0.2) is 5.58 Å². The Hall–Kier alpha value is -1.39. The Balaban J connectivity index is 1.53. The highest BCUT2D eigenvalue weighted by atomic mass is 16.5. The molecule has 0 bridgehead atoms. The number of fused-ring (bicyclic) bond motifs is 3. The zero-order chi connectivity index (χ0) is 18.7. The van der Waals surface area contributed by atoms with Crippen molar-refractivity contribution in [1.29, 1.82) is 0 Å². The quantitative estimate of drug-likeness (QED) is 0.742. The first-order valence-corrected chi connectivity index (χ1v) is 10.0. The fraction of sp³-hybridized carbons (Fsp3) is 0.682. The van der Waals surface area contributed by atoms with Gasteiger partial charge in [-0.05, 0) is 45.2 Å². The maximum absolute atomic E-state index is 5.83. The summed E-state index contributed by atoms with van der Waals surface area (Å²) in [7, 11) is 0. The van der Waals surface area contributed by atoms with Crippen molar-refractivity contribution in [1.82, 2.24) is 15.0 Å². The summed E-state index contributed by atoms with van der Waals surface area (Å²) >= 11 is 0. The molecule has 0 aliphatic carbocycles. The topological polar surface area (TPSA) is 32.5 Å². The van der Waals surface area contributed by atoms with Crippen LogP contribution < -0.4 is 0 Å². The minimum Gasteiger partial charge on any atom is -0.356 e. The summed E-state index contributed by atoms with van der Waals surface area (Å²) in [6, 6.07) is 5.20. The lowest BCUT2D eigenvalue weighted by atomic mass is 9.89. The van der Waals surface area contributed by atoms with Crippen LogP contribution in [0.4, 0.5) is 0 Å². The van der Waals surface area contributed by atoms with Gasteiger partial charge in [-0.2, -0.15) is 0 Å². The van der Waals surface area contributed by atoms with E-state index in [1.54, 1.807) is 0 Å². The Morgan fingerprint density at radius 3 is 2.31 bits per heavy atom. The monoisotopic (exact) mass is 355 g/mol. The number of rotatable bonds is 1. The molecule has 1 saturated heterocycles. The Kier molecular flexibility index (Phi) is 4.20. The molecule has 2 aromatic rings. The zero-order valence-corrected chi connectivity index (χ0v) is 17.2. The molecule has 0 saturated carbocycles. The van der Waals surface area contributed by atoms with E-state index >= 15 is 0 Å². The molecule has 4 rings (SSSR count). The van der Waals surface area contributed by atoms with E-state index in [0.717, 1.165) is 24.4 Å². The van der Waals surface area contributed by atoms with Crippen LogP contribution in [0.1, 0.15) is 71.2 Å². The van der Waals surface area contributed by atoms with Crippen LogP contribution in [0.5, 0.6) is 0 Å². The molecule has 1 fully saturated rings. The van der Waals surface area contributed by atoms with Gasteiger partial charge in [-0.25, -0.2) is 0 Å². The summed E-state index contributed by atoms with van der Waals surface area (Å²) in [4.78, 5) is 5.28. The van der Waals surface area contributed by atoms with E-state index < -0.39 is 0 Å². The van der Waals surface area contributed by atoms with Crippen molar-refractivity contribution < 1.29 is 4.52 Å². The second kappa shape index (κ2) is 6.07. The minimum absolute atomic E-state index is 0.0115. The molecular formula is C22H33N3O. The molecule has 1 aromatic heterocycles. The molecule has 142 valence electrons. The van der Waals surface area contributed by atoms with Gasteiger partial charge in [-0.15, -0.1) is 0 Å². The largest absolute Gasteiger partial charge is 0.356 e. The summed E-state index contributed by atoms with van der Waals surface area (Å²) < 4.78 is 5.83. The van der Waals surface area contributed by atoms with Gasteiger partial charge < -0.3 is 4.52 Å². The Morgan fingerprint density at radius 1 is 1.00 bits per heavy atom. The van der Waals surface area contributed by atoms with E-state index in [2.05, 4.69) is 68.6 Å². The maximum atomic E-state index is 5.83. The van der Waals surface area contributed by atoms with Crippen LogP contribution in [0.3, 0.4) is 0 Å². The zero-order valence-electron chi connectivity index (χ0n) is 17.2. The molecule has 26 heavy (non-hydrogen) atoms. The van der Waals surface area contributed by atoms with Crippen molar-refractivity contribution in [3.8, 4) is 0 Å². The second-order valence-corrected chi connectivity index (χ2v) is 10.2. The summed E-state index contributed by atoms with van der Waals surface area (Å²) in [5, 5.41) is 5.61. The summed E-state index contributed by atoms with van der Waals surface area (Å²) in [6.07, 6.45) is 2.52. The van der Waals surface area contributed by atoms with Crippen molar-refractivity contribution in [2.45, 2.75) is 84.5 Å². The number of likely N-dealkylation sites (tertiary alicyclic amines) is 1. The molecular weight excluding hydrogens is 322 g/mol. The summed E-state index contributed by atoms with van der Waals surface area (Å²) in [6.45, 7) is 18.0. The van der Waals surface area contributed by atoms with Crippen LogP contribution in [0.15, 0.2) is 16.7 Å². The average molecular weight is 356 g/mol. The van der Waals surface area contributed by atoms with E-state index in [0.29, 0.717) is 6.04 Å². The molecule has 4 nitrogen and oxygen atoms in total. The number of hydrogen-bond donors (Lipinski definition) is 0. The average Bonchev–Trinajstić information content (AvgIpc) is 3.17. The van der Waals surface area contributed by atoms with Crippen LogP contribution in [-0.4, -0.2) is 39.6 Å². The van der Waals surface area contributed by atoms with Crippen LogP contribution in [0.25, 0.3) is 11.0 Å². The highest BCUT2D eigenvalue weighted by molar-refractivity contribution is 5.84. The van der Waals surface area contributed by atoms with Crippen LogP contribution in [-0.2, 0) is 18.5 Å². The van der Waals surface area contributed by atoms with E-state index in [1.807, 2.05) is 0 Å². The van der Waals surface area contributed by atoms with Gasteiger partial charge in [0.1, 0.15) is 0 Å². The highest BCUT2D eigenvalue weighted by Crippen LogP contribution is 2.37. The minimum atomic E-state index is 0.0115. The molecule has 2 aliphatic rings. The first-order chi connectivity index (χ1) is 12.1. The van der Waals surface area contributed by atoms with Gasteiger partial charge in [-0.1, -0.05) is 32.0 Å². The lowest BCUT2D eigenvalue weighted by Crippen LogP contribution is -2.50. The predicted octanol–water partition coefficient (Wildman–Crippen LogP) is 4.70. The molecule has 0 N–H and O–H groups in total. The SMILES string of the molecule is CC(C)(C)c1noc2c3c(ccc12)CN(C1CCN(C(C)(C)C)CC1)C3. The van der Waals surface area contributed by atoms with Gasteiger partial charge >= 0.3 is 0 Å². The normalized spacial score (nSPS) is 20.8. The highest BCUT2D eigenvalue weighted by Gasteiger charge is 2.34. The Morgan fingerprint density at radius 2 is 1.69 bits per heavy atom. The molecule has 0 radical (unpaired) electrons. The third-order valence-corrected chi connectivity index (χ3v) is 6.22. The number of piperidine rings is 1. The number of hydrogen-bond acceptors (Lipinski definition) is 4. The third kappa shape index (κ3) is 3.07. The lowest BCUT2D eigenvalue weighted by Gasteiger charge is -2.43. The molecule has 2 aliphatic heterocycles. The van der Waals surface area contributed by atoms with Crippen molar-refractivity contribution in [2.75, 3.05) is 13.1 Å². The standard InChI is InChI=1S/C22H33N3O/c1-21(2,3)20-17-8-7-15-13-24(14-18(15)19(17)26-23-20)16-9-11-25(12-10-16)22(4,5)6/h7-8,16H,9-14H2,1-6H3. The van der Waals surface area contributed by atoms with Crippen molar-refractivity contribution in [3.05, 3.63) is 29.0 Å². The molecule has 0 spiro atoms. The van der Waals surface area contributed by atoms with Crippen LogP contribution >= 0.6 is 0 Å². The lowest BCUT2D eigenvalue weighted by molar-refractivity contribution is 0.0551. The predicted molar refractivity (Wildman–Crippen MR) is 106 cm³/mol. The van der Waals surface area contributed by atoms with E-state index in [4.69, 9.17) is 4.52 Å². The van der Waals surface area contributed by atoms with Crippen LogP contribution in [0.2, 0.25) is 0 Å². The fourth-order valence-electron chi connectivity index (χ4n) is 4.60. The first-order valence-electron chi connectivity index (χ1n) is 10.0. The number of benzene rings is 1. The number of nitrogens with zero attached hydrogens (tertiary/aromatic N) is 3. The molecule has 0 amide bonds. The van der Waals surface area contributed by atoms with Crippen molar-refractivity contribution in [2.24, 2.45) is 0 Å². The summed E-state index contributed by atoms with van der Waals surface area (Å²) in [5.41, 5.74) is 5.18. The molecule has 4 heteroatoms. The fourth-order valence-corrected chi connectivity index (χ4v) is 4.60. The second-order valence-electron chi connectivity index (χ2n) is 10.2. The molecule has 0 atom stereocenters. The van der Waals surface area contributed by atoms with E-state index in [9.17, 15) is 0 Å². The molecule has 3 heterocycles. The smallest absolute Gasteiger partial charge is 0.171 e. The van der Waals surface area contributed by atoms with Gasteiger partial charge in [-0.3, -0.25) is 9.80 Å². The summed E-state index contributed by atoms with van der Waals surface area (Å²) in [5.74, 6) is 0. The van der Waals surface area contributed by atoms with Gasteiger partial charge in [0.2, 0.25) is 0 Å². The number of aromatic nitrogens is 1. The van der Waals surface area contributed by atoms with E-state index in [-0.39, 0.29) is 11.0 Å². The first kappa shape index (κ1) is 18.0. The van der Waals surface area contributed by atoms with Gasteiger partial charge in [0, 0.05) is 54.1 Å². The van der Waals surface area contributed by atoms with Crippen molar-refractivity contribution in [3.63, 3.8) is 0 Å². The Bertz CT molecular complexity index is 801. The molecule has 1 aromatic carbocycles. The third-order valence-electron chi connectivity index (χ3n) is 6.22. The van der Waals surface area contributed by atoms with Crippen molar-refractivity contribution >= 4 is 11.0 Å².